The van der Waals surface area contributed by atoms with Crippen LogP contribution in [0.2, 0.25) is 0 Å². The minimum atomic E-state index is -4.77. The Morgan fingerprint density at radius 1 is 1.17 bits per heavy atom. The molecule has 0 aromatic rings. The van der Waals surface area contributed by atoms with E-state index in [0.717, 1.165) is 7.11 Å². The van der Waals surface area contributed by atoms with Crippen LogP contribution in [-0.2, 0) is 19.4 Å². The molecule has 0 aliphatic heterocycles. The van der Waals surface area contributed by atoms with E-state index >= 15 is 0 Å². The predicted molar refractivity (Wildman–Crippen MR) is 69.3 cm³/mol. The summed E-state index contributed by atoms with van der Waals surface area (Å²) in [5.41, 5.74) is -1.07. The van der Waals surface area contributed by atoms with Crippen LogP contribution >= 0.6 is 0 Å². The number of ether oxygens (including phenoxy) is 1. The zero-order valence-electron chi connectivity index (χ0n) is 12.3. The van der Waals surface area contributed by atoms with Crippen molar-refractivity contribution in [2.75, 3.05) is 12.9 Å². The van der Waals surface area contributed by atoms with Crippen LogP contribution in [0.5, 0.6) is 0 Å². The second kappa shape index (κ2) is 8.02. The summed E-state index contributed by atoms with van der Waals surface area (Å²) >= 11 is 0. The number of alkyl halides is 6. The van der Waals surface area contributed by atoms with Crippen molar-refractivity contribution in [2.45, 2.75) is 43.8 Å². The lowest BCUT2D eigenvalue weighted by molar-refractivity contribution is -0.140. The highest BCUT2D eigenvalue weighted by molar-refractivity contribution is 7.92. The fraction of sp³-hybridized carbons (Fsp3) is 0.750. The highest BCUT2D eigenvalue weighted by Gasteiger charge is 2.38. The molecule has 0 spiro atoms. The van der Waals surface area contributed by atoms with E-state index in [4.69, 9.17) is 0 Å². The Labute approximate surface area is 129 Å². The average molecular weight is 370 g/mol. The molecule has 0 radical (unpaired) electrons. The van der Waals surface area contributed by atoms with Gasteiger partial charge in [-0.25, -0.2) is 8.42 Å². The molecule has 0 aliphatic rings. The van der Waals surface area contributed by atoms with Crippen molar-refractivity contribution in [1.82, 2.24) is 0 Å². The van der Waals surface area contributed by atoms with Crippen molar-refractivity contribution in [2.24, 2.45) is 0 Å². The summed E-state index contributed by atoms with van der Waals surface area (Å²) in [4.78, 5) is 11.4. The van der Waals surface area contributed by atoms with Gasteiger partial charge in [0.05, 0.1) is 19.3 Å². The molecule has 11 heteroatoms. The Morgan fingerprint density at radius 2 is 1.70 bits per heavy atom. The molecule has 0 aliphatic carbocycles. The summed E-state index contributed by atoms with van der Waals surface area (Å²) in [5.74, 6) is -2.81. The molecule has 0 aromatic carbocycles. The topological polar surface area (TPSA) is 60.4 Å². The third-order valence-electron chi connectivity index (χ3n) is 2.89. The van der Waals surface area contributed by atoms with Gasteiger partial charge in [-0.1, -0.05) is 13.0 Å². The van der Waals surface area contributed by atoms with E-state index in [1.165, 1.54) is 6.92 Å². The summed E-state index contributed by atoms with van der Waals surface area (Å²) in [6.07, 6.45) is -12.1. The van der Waals surface area contributed by atoms with Crippen molar-refractivity contribution in [3.05, 3.63) is 11.6 Å². The second-order valence-corrected chi connectivity index (χ2v) is 6.86. The van der Waals surface area contributed by atoms with Gasteiger partial charge in [0.1, 0.15) is 0 Å². The Bertz CT molecular complexity index is 533. The molecule has 0 saturated carbocycles. The molecule has 0 bridgehead atoms. The molecule has 0 heterocycles. The van der Waals surface area contributed by atoms with Crippen LogP contribution in [0, 0.1) is 0 Å². The molecule has 0 saturated heterocycles. The number of carbonyl (C=O) groups is 1. The Morgan fingerprint density at radius 3 is 2.04 bits per heavy atom. The molecular weight excluding hydrogens is 354 g/mol. The number of hydrogen-bond donors (Lipinski definition) is 0. The van der Waals surface area contributed by atoms with E-state index in [1.807, 2.05) is 0 Å². The SMILES string of the molecule is CC/C(=C/CC(C(=O)OC)S(=O)(=O)CCC(F)(F)F)C(F)(F)F. The molecule has 23 heavy (non-hydrogen) atoms. The molecular formula is C12H16F6O4S. The molecule has 0 aromatic heterocycles. The van der Waals surface area contributed by atoms with Crippen LogP contribution in [-0.4, -0.2) is 44.9 Å². The number of hydrogen-bond acceptors (Lipinski definition) is 4. The molecule has 4 nitrogen and oxygen atoms in total. The van der Waals surface area contributed by atoms with E-state index in [-0.39, 0.29) is 0 Å². The van der Waals surface area contributed by atoms with Crippen LogP contribution in [0.15, 0.2) is 11.6 Å². The van der Waals surface area contributed by atoms with Crippen molar-refractivity contribution in [1.29, 1.82) is 0 Å². The molecule has 0 N–H and O–H groups in total. The van der Waals surface area contributed by atoms with Crippen molar-refractivity contribution in [3.8, 4) is 0 Å². The first-order valence-electron chi connectivity index (χ1n) is 6.37. The number of sulfone groups is 1. The molecule has 0 fully saturated rings. The minimum Gasteiger partial charge on any atom is -0.468 e. The van der Waals surface area contributed by atoms with Crippen molar-refractivity contribution in [3.63, 3.8) is 0 Å². The van der Waals surface area contributed by atoms with Gasteiger partial charge < -0.3 is 4.74 Å². The van der Waals surface area contributed by atoms with Gasteiger partial charge in [0.15, 0.2) is 15.1 Å². The molecule has 0 amide bonds. The first kappa shape index (κ1) is 21.7. The summed E-state index contributed by atoms with van der Waals surface area (Å²) in [6.45, 7) is 1.17. The van der Waals surface area contributed by atoms with Gasteiger partial charge in [0.25, 0.3) is 0 Å². The predicted octanol–water partition coefficient (Wildman–Crippen LogP) is 3.18. The fourth-order valence-electron chi connectivity index (χ4n) is 1.63. The lowest BCUT2D eigenvalue weighted by atomic mass is 10.1. The first-order valence-corrected chi connectivity index (χ1v) is 8.08. The number of carbonyl (C=O) groups excluding carboxylic acids is 1. The van der Waals surface area contributed by atoms with E-state index in [2.05, 4.69) is 4.74 Å². The van der Waals surface area contributed by atoms with Crippen LogP contribution in [0.1, 0.15) is 26.2 Å². The Balaban J connectivity index is 5.39. The van der Waals surface area contributed by atoms with E-state index < -0.39 is 64.0 Å². The maximum atomic E-state index is 12.6. The zero-order valence-corrected chi connectivity index (χ0v) is 13.1. The molecule has 1 atom stereocenters. The Kier molecular flexibility index (Phi) is 7.58. The minimum absolute atomic E-state index is 0.472. The lowest BCUT2D eigenvalue weighted by Crippen LogP contribution is -2.34. The normalized spacial score (nSPS) is 15.4. The number of halogens is 6. The smallest absolute Gasteiger partial charge is 0.412 e. The van der Waals surface area contributed by atoms with Gasteiger partial charge in [0.2, 0.25) is 0 Å². The van der Waals surface area contributed by atoms with Gasteiger partial charge in [0, 0.05) is 5.57 Å². The maximum absolute atomic E-state index is 12.6. The zero-order chi connectivity index (χ0) is 18.5. The van der Waals surface area contributed by atoms with Gasteiger partial charge in [-0.05, 0) is 12.8 Å². The first-order chi connectivity index (χ1) is 10.2. The summed E-state index contributed by atoms with van der Waals surface area (Å²) in [5, 5.41) is -2.11. The van der Waals surface area contributed by atoms with E-state index in [9.17, 15) is 39.6 Å². The largest absolute Gasteiger partial charge is 0.468 e. The van der Waals surface area contributed by atoms with Crippen LogP contribution in [0.3, 0.4) is 0 Å². The lowest BCUT2D eigenvalue weighted by Gasteiger charge is -2.16. The number of esters is 1. The number of rotatable bonds is 7. The van der Waals surface area contributed by atoms with E-state index in [1.54, 1.807) is 0 Å². The number of methoxy groups -OCH3 is 1. The Hall–Kier alpha value is -1.26. The quantitative estimate of drug-likeness (QED) is 0.392. The van der Waals surface area contributed by atoms with Gasteiger partial charge >= 0.3 is 18.3 Å². The molecule has 0 rings (SSSR count). The standard InChI is InChI=1S/C12H16F6O4S/c1-3-8(12(16,17)18)4-5-9(10(19)22-2)23(20,21)7-6-11(13,14)15/h4,9H,3,5-7H2,1-2H3/b8-4-. The van der Waals surface area contributed by atoms with E-state index in [0.29, 0.717) is 6.08 Å². The summed E-state index contributed by atoms with van der Waals surface area (Å²) in [7, 11) is -3.83. The fourth-order valence-corrected chi connectivity index (χ4v) is 3.21. The van der Waals surface area contributed by atoms with Gasteiger partial charge in [-0.2, -0.15) is 26.3 Å². The molecule has 136 valence electrons. The highest BCUT2D eigenvalue weighted by atomic mass is 32.2. The van der Waals surface area contributed by atoms with Crippen molar-refractivity contribution < 1.29 is 44.3 Å². The third kappa shape index (κ3) is 7.71. The maximum Gasteiger partial charge on any atom is 0.412 e. The van der Waals surface area contributed by atoms with Gasteiger partial charge in [-0.15, -0.1) is 0 Å². The third-order valence-corrected chi connectivity index (χ3v) is 4.92. The van der Waals surface area contributed by atoms with Crippen LogP contribution < -0.4 is 0 Å². The summed E-state index contributed by atoms with van der Waals surface area (Å²) in [6, 6.07) is 0. The highest BCUT2D eigenvalue weighted by Crippen LogP contribution is 2.29. The van der Waals surface area contributed by atoms with Crippen LogP contribution in [0.4, 0.5) is 26.3 Å². The average Bonchev–Trinajstić information content (AvgIpc) is 2.38. The van der Waals surface area contributed by atoms with Crippen LogP contribution in [0.25, 0.3) is 0 Å². The summed E-state index contributed by atoms with van der Waals surface area (Å²) < 4.78 is 102. The number of allylic oxidation sites excluding steroid dienone is 2. The second-order valence-electron chi connectivity index (χ2n) is 4.56. The van der Waals surface area contributed by atoms with Gasteiger partial charge in [-0.3, -0.25) is 4.79 Å². The van der Waals surface area contributed by atoms with Crippen molar-refractivity contribution >= 4 is 15.8 Å². The molecule has 1 unspecified atom stereocenters. The monoisotopic (exact) mass is 370 g/mol.